The summed E-state index contributed by atoms with van der Waals surface area (Å²) in [5.41, 5.74) is 1.02. The topological polar surface area (TPSA) is 70.6 Å². The van der Waals surface area contributed by atoms with Crippen LogP contribution in [0.2, 0.25) is 0 Å². The van der Waals surface area contributed by atoms with Crippen LogP contribution >= 0.6 is 0 Å². The largest absolute Gasteiger partial charge is 0.444 e. The van der Waals surface area contributed by atoms with Crippen molar-refractivity contribution in [3.8, 4) is 0 Å². The van der Waals surface area contributed by atoms with Gasteiger partial charge >= 0.3 is 6.09 Å². The fourth-order valence-corrected chi connectivity index (χ4v) is 4.58. The average Bonchev–Trinajstić information content (AvgIpc) is 2.95. The molecule has 1 N–H and O–H groups in total. The molecule has 1 aromatic rings. The molecule has 0 aromatic carbocycles. The first-order chi connectivity index (χ1) is 12.7. The third kappa shape index (κ3) is 3.11. The Morgan fingerprint density at radius 2 is 1.96 bits per heavy atom. The third-order valence-corrected chi connectivity index (χ3v) is 6.15. The Morgan fingerprint density at radius 1 is 1.22 bits per heavy atom. The number of hydrogen-bond acceptors (Lipinski definition) is 6. The van der Waals surface area contributed by atoms with Gasteiger partial charge in [-0.25, -0.2) is 14.8 Å². The summed E-state index contributed by atoms with van der Waals surface area (Å²) in [5, 5.41) is 3.49. The van der Waals surface area contributed by atoms with Crippen LogP contribution in [0.15, 0.2) is 6.33 Å². The molecule has 1 aliphatic carbocycles. The highest BCUT2D eigenvalue weighted by molar-refractivity contribution is 5.71. The van der Waals surface area contributed by atoms with Gasteiger partial charge in [0.15, 0.2) is 0 Å². The molecule has 1 saturated heterocycles. The number of amides is 1. The Bertz CT molecular complexity index is 740. The molecule has 1 amide bonds. The number of nitrogens with zero attached hydrogens (tertiary/aromatic N) is 4. The van der Waals surface area contributed by atoms with Crippen LogP contribution in [-0.2, 0) is 10.2 Å². The number of nitrogens with one attached hydrogen (secondary N) is 1. The minimum Gasteiger partial charge on any atom is -0.444 e. The maximum atomic E-state index is 12.6. The minimum absolute atomic E-state index is 0.0633. The van der Waals surface area contributed by atoms with E-state index in [0.29, 0.717) is 6.54 Å². The van der Waals surface area contributed by atoms with Crippen LogP contribution in [0.25, 0.3) is 0 Å². The van der Waals surface area contributed by atoms with E-state index in [4.69, 9.17) is 9.72 Å². The second kappa shape index (κ2) is 6.24. The number of fused-ring (bicyclic) bond motifs is 2. The molecule has 0 bridgehead atoms. The predicted molar refractivity (Wildman–Crippen MR) is 105 cm³/mol. The number of rotatable bonds is 1. The molecule has 1 aromatic heterocycles. The van der Waals surface area contributed by atoms with Gasteiger partial charge in [-0.1, -0.05) is 6.42 Å². The van der Waals surface area contributed by atoms with E-state index in [2.05, 4.69) is 29.0 Å². The van der Waals surface area contributed by atoms with Gasteiger partial charge in [0, 0.05) is 42.7 Å². The van der Waals surface area contributed by atoms with Crippen molar-refractivity contribution in [3.63, 3.8) is 0 Å². The van der Waals surface area contributed by atoms with Gasteiger partial charge in [-0.05, 0) is 47.5 Å². The van der Waals surface area contributed by atoms with Gasteiger partial charge in [0.1, 0.15) is 23.6 Å². The maximum Gasteiger partial charge on any atom is 0.410 e. The van der Waals surface area contributed by atoms with E-state index in [1.807, 2.05) is 25.7 Å². The van der Waals surface area contributed by atoms with Crippen LogP contribution in [0.3, 0.4) is 0 Å². The molecule has 7 nitrogen and oxygen atoms in total. The van der Waals surface area contributed by atoms with Gasteiger partial charge in [0.05, 0.1) is 0 Å². The van der Waals surface area contributed by atoms with E-state index >= 15 is 0 Å². The second-order valence-corrected chi connectivity index (χ2v) is 9.39. The molecule has 3 aliphatic rings. The molecule has 7 heteroatoms. The lowest BCUT2D eigenvalue weighted by Crippen LogP contribution is -2.59. The smallest absolute Gasteiger partial charge is 0.410 e. The average molecular weight is 374 g/mol. The van der Waals surface area contributed by atoms with Gasteiger partial charge in [-0.3, -0.25) is 0 Å². The van der Waals surface area contributed by atoms with Crippen molar-refractivity contribution < 1.29 is 9.53 Å². The van der Waals surface area contributed by atoms with Crippen LogP contribution < -0.4 is 10.2 Å². The Hall–Kier alpha value is -2.05. The zero-order valence-corrected chi connectivity index (χ0v) is 17.1. The van der Waals surface area contributed by atoms with Gasteiger partial charge in [-0.2, -0.15) is 0 Å². The molecule has 0 radical (unpaired) electrons. The monoisotopic (exact) mass is 373 g/mol. The summed E-state index contributed by atoms with van der Waals surface area (Å²) >= 11 is 0. The third-order valence-electron chi connectivity index (χ3n) is 6.15. The van der Waals surface area contributed by atoms with Gasteiger partial charge in [0.25, 0.3) is 0 Å². The van der Waals surface area contributed by atoms with Crippen LogP contribution in [0.5, 0.6) is 0 Å². The number of hydrogen-bond donors (Lipinski definition) is 1. The normalized spacial score (nSPS) is 26.4. The van der Waals surface area contributed by atoms with Crippen molar-refractivity contribution in [2.45, 2.75) is 77.0 Å². The number of anilines is 2. The standard InChI is InChI=1S/C20H31N5O2/c1-13-10-25(18(26)27-19(3,4)5)14(2)9-24(13)17-15-16(22-12-23-17)21-11-20(15)7-6-8-20/h12-14H,6-11H2,1-5H3,(H,21,22,23)/t13-,14+/m0/s1. The highest BCUT2D eigenvalue weighted by Gasteiger charge is 2.48. The Kier molecular flexibility index (Phi) is 4.24. The summed E-state index contributed by atoms with van der Waals surface area (Å²) in [7, 11) is 0. The molecule has 3 heterocycles. The summed E-state index contributed by atoms with van der Waals surface area (Å²) < 4.78 is 5.60. The Labute approximate surface area is 161 Å². The summed E-state index contributed by atoms with van der Waals surface area (Å²) in [6, 6.07) is 0.235. The van der Waals surface area contributed by atoms with E-state index < -0.39 is 5.60 Å². The molecule has 0 unspecified atom stereocenters. The van der Waals surface area contributed by atoms with Gasteiger partial charge in [-0.15, -0.1) is 0 Å². The summed E-state index contributed by atoms with van der Waals surface area (Å²) in [5.74, 6) is 2.04. The molecule has 1 spiro atoms. The van der Waals surface area contributed by atoms with Crippen molar-refractivity contribution >= 4 is 17.7 Å². The van der Waals surface area contributed by atoms with E-state index in [9.17, 15) is 4.79 Å². The molecular formula is C20H31N5O2. The summed E-state index contributed by atoms with van der Waals surface area (Å²) in [6.45, 7) is 12.3. The molecule has 2 atom stereocenters. The van der Waals surface area contributed by atoms with E-state index in [1.165, 1.54) is 24.8 Å². The first-order valence-electron chi connectivity index (χ1n) is 10.1. The minimum atomic E-state index is -0.479. The first-order valence-corrected chi connectivity index (χ1v) is 10.1. The molecular weight excluding hydrogens is 342 g/mol. The number of ether oxygens (including phenoxy) is 1. The lowest BCUT2D eigenvalue weighted by Gasteiger charge is -2.46. The maximum absolute atomic E-state index is 12.6. The quantitative estimate of drug-likeness (QED) is 0.815. The fourth-order valence-electron chi connectivity index (χ4n) is 4.58. The van der Waals surface area contributed by atoms with Crippen molar-refractivity contribution in [1.82, 2.24) is 14.9 Å². The van der Waals surface area contributed by atoms with E-state index in [-0.39, 0.29) is 23.6 Å². The molecule has 27 heavy (non-hydrogen) atoms. The van der Waals surface area contributed by atoms with Crippen LogP contribution in [0.4, 0.5) is 16.4 Å². The Balaban J connectivity index is 1.58. The summed E-state index contributed by atoms with van der Waals surface area (Å²) in [4.78, 5) is 26.0. The molecule has 148 valence electrons. The number of carbonyl (C=O) groups is 1. The van der Waals surface area contributed by atoms with Crippen molar-refractivity contribution in [2.75, 3.05) is 29.9 Å². The van der Waals surface area contributed by atoms with Crippen molar-refractivity contribution in [2.24, 2.45) is 0 Å². The molecule has 4 rings (SSSR count). The fraction of sp³-hybridized carbons (Fsp3) is 0.750. The summed E-state index contributed by atoms with van der Waals surface area (Å²) in [6.07, 6.45) is 5.11. The predicted octanol–water partition coefficient (Wildman–Crippen LogP) is 3.16. The molecule has 2 aliphatic heterocycles. The van der Waals surface area contributed by atoms with Crippen molar-refractivity contribution in [1.29, 1.82) is 0 Å². The lowest BCUT2D eigenvalue weighted by molar-refractivity contribution is 0.0129. The Morgan fingerprint density at radius 3 is 2.59 bits per heavy atom. The lowest BCUT2D eigenvalue weighted by atomic mass is 9.66. The van der Waals surface area contributed by atoms with Crippen molar-refractivity contribution in [3.05, 3.63) is 11.9 Å². The zero-order valence-electron chi connectivity index (χ0n) is 17.1. The molecule has 2 fully saturated rings. The highest BCUT2D eigenvalue weighted by atomic mass is 16.6. The van der Waals surface area contributed by atoms with Gasteiger partial charge in [0.2, 0.25) is 0 Å². The SMILES string of the molecule is C[C@@H]1CN(c2ncnc3c2C2(CCC2)CN3)[C@@H](C)CN1C(=O)OC(C)(C)C. The number of carbonyl (C=O) groups excluding carboxylic acids is 1. The molecule has 1 saturated carbocycles. The first kappa shape index (κ1) is 18.3. The number of piperazine rings is 1. The van der Waals surface area contributed by atoms with Crippen LogP contribution in [-0.4, -0.2) is 58.3 Å². The number of aromatic nitrogens is 2. The zero-order chi connectivity index (χ0) is 19.4. The van der Waals surface area contributed by atoms with Crippen LogP contribution in [0, 0.1) is 0 Å². The van der Waals surface area contributed by atoms with Gasteiger partial charge < -0.3 is 19.9 Å². The van der Waals surface area contributed by atoms with E-state index in [1.54, 1.807) is 6.33 Å². The van der Waals surface area contributed by atoms with Crippen LogP contribution in [0.1, 0.15) is 59.4 Å². The highest BCUT2D eigenvalue weighted by Crippen LogP contribution is 2.52. The second-order valence-electron chi connectivity index (χ2n) is 9.39. The van der Waals surface area contributed by atoms with E-state index in [0.717, 1.165) is 24.7 Å².